The van der Waals surface area contributed by atoms with Gasteiger partial charge in [0.1, 0.15) is 0 Å². The third-order valence-electron chi connectivity index (χ3n) is 3.66. The number of benzene rings is 1. The predicted molar refractivity (Wildman–Crippen MR) is 86.4 cm³/mol. The summed E-state index contributed by atoms with van der Waals surface area (Å²) in [6.07, 6.45) is 9.78. The lowest BCUT2D eigenvalue weighted by Gasteiger charge is -2.15. The number of hydrogen-bond donors (Lipinski definition) is 1. The van der Waals surface area contributed by atoms with E-state index in [-0.39, 0.29) is 6.10 Å². The second-order valence-electron chi connectivity index (χ2n) is 5.26. The maximum absolute atomic E-state index is 10.6. The van der Waals surface area contributed by atoms with E-state index in [4.69, 9.17) is 9.84 Å². The quantitative estimate of drug-likeness (QED) is 0.516. The molecule has 1 aromatic rings. The molecule has 0 amide bonds. The van der Waals surface area contributed by atoms with Gasteiger partial charge in [0.05, 0.1) is 6.10 Å². The molecular weight excluding hydrogens is 264 g/mol. The van der Waals surface area contributed by atoms with Crippen molar-refractivity contribution in [3.8, 4) is 0 Å². The van der Waals surface area contributed by atoms with Crippen LogP contribution in [-0.4, -0.2) is 24.3 Å². The van der Waals surface area contributed by atoms with Crippen molar-refractivity contribution in [1.82, 2.24) is 0 Å². The van der Waals surface area contributed by atoms with Gasteiger partial charge in [0, 0.05) is 13.2 Å². The molecule has 0 fully saturated rings. The van der Waals surface area contributed by atoms with Gasteiger partial charge < -0.3 is 9.84 Å². The van der Waals surface area contributed by atoms with E-state index in [0.717, 1.165) is 24.8 Å². The lowest BCUT2D eigenvalue weighted by atomic mass is 9.98. The summed E-state index contributed by atoms with van der Waals surface area (Å²) in [6.45, 7) is 2.20. The Morgan fingerprint density at radius 1 is 1.29 bits per heavy atom. The molecule has 0 radical (unpaired) electrons. The second kappa shape index (κ2) is 10.2. The fraction of sp³-hybridized carbons (Fsp3) is 0.500. The minimum absolute atomic E-state index is 0.285. The summed E-state index contributed by atoms with van der Waals surface area (Å²) in [5.41, 5.74) is 2.15. The van der Waals surface area contributed by atoms with Crippen LogP contribution in [0.2, 0.25) is 0 Å². The third-order valence-corrected chi connectivity index (χ3v) is 3.66. The van der Waals surface area contributed by atoms with E-state index in [9.17, 15) is 4.79 Å². The molecule has 116 valence electrons. The topological polar surface area (TPSA) is 46.5 Å². The minimum Gasteiger partial charge on any atom is -0.478 e. The molecule has 0 saturated carbocycles. The monoisotopic (exact) mass is 290 g/mol. The van der Waals surface area contributed by atoms with Crippen LogP contribution in [0.1, 0.15) is 50.2 Å². The van der Waals surface area contributed by atoms with Gasteiger partial charge in [-0.3, -0.25) is 0 Å². The average Bonchev–Trinajstić information content (AvgIpc) is 2.49. The third kappa shape index (κ3) is 7.09. The van der Waals surface area contributed by atoms with E-state index in [2.05, 4.69) is 13.0 Å². The Hall–Kier alpha value is -1.61. The van der Waals surface area contributed by atoms with Gasteiger partial charge in [-0.2, -0.15) is 0 Å². The molecule has 1 rings (SSSR count). The van der Waals surface area contributed by atoms with Crippen molar-refractivity contribution in [1.29, 1.82) is 0 Å². The summed E-state index contributed by atoms with van der Waals surface area (Å²) in [7, 11) is 1.77. The molecule has 0 aliphatic carbocycles. The van der Waals surface area contributed by atoms with E-state index >= 15 is 0 Å². The zero-order valence-electron chi connectivity index (χ0n) is 13.0. The van der Waals surface area contributed by atoms with Gasteiger partial charge in [-0.15, -0.1) is 0 Å². The summed E-state index contributed by atoms with van der Waals surface area (Å²) in [5.74, 6) is -0.917. The number of carboxylic acids is 1. The largest absolute Gasteiger partial charge is 0.478 e. The van der Waals surface area contributed by atoms with Crippen LogP contribution >= 0.6 is 0 Å². The zero-order chi connectivity index (χ0) is 15.5. The van der Waals surface area contributed by atoms with Gasteiger partial charge in [-0.25, -0.2) is 4.79 Å². The van der Waals surface area contributed by atoms with Gasteiger partial charge >= 0.3 is 5.97 Å². The Kier molecular flexibility index (Phi) is 8.44. The number of hydrogen-bond acceptors (Lipinski definition) is 2. The number of rotatable bonds is 10. The standard InChI is InChI=1S/C18H26O3/c1-3-4-5-10-17(21-2)13-11-15-8-6-7-9-16(15)12-14-18(19)20/h6-9,12,14,17H,3-5,10-11,13H2,1-2H3,(H,19,20). The van der Waals surface area contributed by atoms with E-state index in [1.165, 1.54) is 30.9 Å². The lowest BCUT2D eigenvalue weighted by molar-refractivity contribution is -0.131. The smallest absolute Gasteiger partial charge is 0.328 e. The summed E-state index contributed by atoms with van der Waals surface area (Å²) < 4.78 is 5.54. The molecule has 1 atom stereocenters. The predicted octanol–water partition coefficient (Wildman–Crippen LogP) is 4.31. The maximum Gasteiger partial charge on any atom is 0.328 e. The van der Waals surface area contributed by atoms with Crippen molar-refractivity contribution in [2.24, 2.45) is 0 Å². The molecule has 21 heavy (non-hydrogen) atoms. The molecule has 3 nitrogen and oxygen atoms in total. The van der Waals surface area contributed by atoms with Crippen LogP contribution < -0.4 is 0 Å². The molecule has 1 unspecified atom stereocenters. The first-order chi connectivity index (χ1) is 10.2. The first-order valence-corrected chi connectivity index (χ1v) is 7.69. The maximum atomic E-state index is 10.6. The van der Waals surface area contributed by atoms with Crippen molar-refractivity contribution >= 4 is 12.0 Å². The van der Waals surface area contributed by atoms with E-state index in [0.29, 0.717) is 0 Å². The molecule has 0 aliphatic rings. The summed E-state index contributed by atoms with van der Waals surface area (Å²) in [4.78, 5) is 10.6. The van der Waals surface area contributed by atoms with Crippen molar-refractivity contribution in [2.75, 3.05) is 7.11 Å². The van der Waals surface area contributed by atoms with E-state index in [1.807, 2.05) is 18.2 Å². The van der Waals surface area contributed by atoms with Crippen LogP contribution in [0.3, 0.4) is 0 Å². The van der Waals surface area contributed by atoms with Gasteiger partial charge in [0.25, 0.3) is 0 Å². The molecule has 0 aliphatic heterocycles. The Balaban J connectivity index is 2.59. The van der Waals surface area contributed by atoms with Crippen molar-refractivity contribution in [2.45, 2.75) is 51.6 Å². The van der Waals surface area contributed by atoms with Crippen LogP contribution in [0.15, 0.2) is 30.3 Å². The number of carboxylic acid groups (broad SMARTS) is 1. The fourth-order valence-corrected chi connectivity index (χ4v) is 2.40. The van der Waals surface area contributed by atoms with Crippen molar-refractivity contribution in [3.63, 3.8) is 0 Å². The van der Waals surface area contributed by atoms with Gasteiger partial charge in [0.15, 0.2) is 0 Å². The van der Waals surface area contributed by atoms with Crippen LogP contribution in [0.4, 0.5) is 0 Å². The van der Waals surface area contributed by atoms with Crippen molar-refractivity contribution < 1.29 is 14.6 Å². The second-order valence-corrected chi connectivity index (χ2v) is 5.26. The molecule has 0 spiro atoms. The molecule has 3 heteroatoms. The first kappa shape index (κ1) is 17.4. The summed E-state index contributed by atoms with van der Waals surface area (Å²) in [5, 5.41) is 8.74. The van der Waals surface area contributed by atoms with Crippen molar-refractivity contribution in [3.05, 3.63) is 41.5 Å². The first-order valence-electron chi connectivity index (χ1n) is 7.69. The molecule has 0 bridgehead atoms. The number of unbranched alkanes of at least 4 members (excludes halogenated alkanes) is 2. The molecule has 0 heterocycles. The Morgan fingerprint density at radius 2 is 2.05 bits per heavy atom. The van der Waals surface area contributed by atoms with Gasteiger partial charge in [-0.1, -0.05) is 50.5 Å². The van der Waals surface area contributed by atoms with Crippen LogP contribution in [-0.2, 0) is 16.0 Å². The number of aryl methyl sites for hydroxylation is 1. The minimum atomic E-state index is -0.917. The fourth-order valence-electron chi connectivity index (χ4n) is 2.40. The van der Waals surface area contributed by atoms with Gasteiger partial charge in [0.2, 0.25) is 0 Å². The molecule has 0 saturated heterocycles. The highest BCUT2D eigenvalue weighted by Gasteiger charge is 2.08. The number of carbonyl (C=O) groups is 1. The normalized spacial score (nSPS) is 12.7. The van der Waals surface area contributed by atoms with Crippen LogP contribution in [0, 0.1) is 0 Å². The Morgan fingerprint density at radius 3 is 2.71 bits per heavy atom. The number of methoxy groups -OCH3 is 1. The number of aliphatic carboxylic acids is 1. The van der Waals surface area contributed by atoms with Crippen LogP contribution in [0.25, 0.3) is 6.08 Å². The number of ether oxygens (including phenoxy) is 1. The van der Waals surface area contributed by atoms with Crippen LogP contribution in [0.5, 0.6) is 0 Å². The SMILES string of the molecule is CCCCCC(CCc1ccccc1C=CC(=O)O)OC. The Labute approximate surface area is 127 Å². The molecule has 1 aromatic carbocycles. The summed E-state index contributed by atoms with van der Waals surface area (Å²) in [6, 6.07) is 7.93. The zero-order valence-corrected chi connectivity index (χ0v) is 13.0. The molecule has 0 aromatic heterocycles. The highest BCUT2D eigenvalue weighted by molar-refractivity contribution is 5.85. The highest BCUT2D eigenvalue weighted by Crippen LogP contribution is 2.17. The average molecular weight is 290 g/mol. The molecular formula is C18H26O3. The van der Waals surface area contributed by atoms with E-state index in [1.54, 1.807) is 13.2 Å². The van der Waals surface area contributed by atoms with Gasteiger partial charge in [-0.05, 0) is 36.5 Å². The Bertz CT molecular complexity index is 452. The van der Waals surface area contributed by atoms with E-state index < -0.39 is 5.97 Å². The summed E-state index contributed by atoms with van der Waals surface area (Å²) >= 11 is 0. The highest BCUT2D eigenvalue weighted by atomic mass is 16.5. The lowest BCUT2D eigenvalue weighted by Crippen LogP contribution is -2.12. The molecule has 1 N–H and O–H groups in total.